The molecule has 18 heavy (non-hydrogen) atoms. The predicted octanol–water partition coefficient (Wildman–Crippen LogP) is 4.38. The molecule has 0 amide bonds. The summed E-state index contributed by atoms with van der Waals surface area (Å²) in [4.78, 5) is 0. The molecule has 0 radical (unpaired) electrons. The molecular formula is C13H10Cl2FNO. The van der Waals surface area contributed by atoms with Gasteiger partial charge < -0.3 is 10.5 Å². The largest absolute Gasteiger partial charge is 0.452 e. The van der Waals surface area contributed by atoms with E-state index in [0.717, 1.165) is 0 Å². The van der Waals surface area contributed by atoms with Crippen molar-refractivity contribution >= 4 is 23.2 Å². The zero-order chi connectivity index (χ0) is 13.1. The fourth-order valence-corrected chi connectivity index (χ4v) is 1.83. The Kier molecular flexibility index (Phi) is 4.07. The molecule has 2 aromatic carbocycles. The molecule has 2 N–H and O–H groups in total. The van der Waals surface area contributed by atoms with Crippen LogP contribution < -0.4 is 10.5 Å². The van der Waals surface area contributed by atoms with Crippen molar-refractivity contribution in [2.45, 2.75) is 6.54 Å². The molecule has 2 rings (SSSR count). The fraction of sp³-hybridized carbons (Fsp3) is 0.0769. The van der Waals surface area contributed by atoms with Gasteiger partial charge in [0.25, 0.3) is 0 Å². The Morgan fingerprint density at radius 1 is 1.11 bits per heavy atom. The van der Waals surface area contributed by atoms with Crippen molar-refractivity contribution in [3.8, 4) is 11.5 Å². The van der Waals surface area contributed by atoms with Gasteiger partial charge in [-0.2, -0.15) is 0 Å². The molecule has 0 aliphatic rings. The predicted molar refractivity (Wildman–Crippen MR) is 70.8 cm³/mol. The number of halogens is 3. The lowest BCUT2D eigenvalue weighted by molar-refractivity contribution is 0.436. The maximum atomic E-state index is 13.7. The third-order valence-electron chi connectivity index (χ3n) is 2.40. The fourth-order valence-electron chi connectivity index (χ4n) is 1.50. The standard InChI is InChI=1S/C13H10Cl2FNO/c14-9-4-2-6-11(12(9)15)18-13-8(7-17)3-1-5-10(13)16/h1-6H,7,17H2. The van der Waals surface area contributed by atoms with Crippen LogP contribution in [0.4, 0.5) is 4.39 Å². The summed E-state index contributed by atoms with van der Waals surface area (Å²) in [6.07, 6.45) is 0. The second-order valence-electron chi connectivity index (χ2n) is 3.59. The van der Waals surface area contributed by atoms with Gasteiger partial charge in [0.1, 0.15) is 10.8 Å². The van der Waals surface area contributed by atoms with Gasteiger partial charge in [0, 0.05) is 12.1 Å². The smallest absolute Gasteiger partial charge is 0.167 e. The molecule has 0 saturated heterocycles. The summed E-state index contributed by atoms with van der Waals surface area (Å²) in [7, 11) is 0. The molecule has 0 atom stereocenters. The van der Waals surface area contributed by atoms with Gasteiger partial charge in [-0.3, -0.25) is 0 Å². The van der Waals surface area contributed by atoms with Crippen LogP contribution in [0.3, 0.4) is 0 Å². The van der Waals surface area contributed by atoms with E-state index in [9.17, 15) is 4.39 Å². The minimum absolute atomic E-state index is 0.0733. The number of benzene rings is 2. The Hall–Kier alpha value is -1.29. The first-order valence-electron chi connectivity index (χ1n) is 5.23. The molecular weight excluding hydrogens is 276 g/mol. The van der Waals surface area contributed by atoms with Crippen LogP contribution in [0.2, 0.25) is 10.0 Å². The van der Waals surface area contributed by atoms with Crippen molar-refractivity contribution in [3.05, 3.63) is 57.8 Å². The van der Waals surface area contributed by atoms with Gasteiger partial charge in [-0.05, 0) is 18.2 Å². The maximum Gasteiger partial charge on any atom is 0.167 e. The van der Waals surface area contributed by atoms with Crippen LogP contribution in [-0.2, 0) is 6.54 Å². The summed E-state index contributed by atoms with van der Waals surface area (Å²) < 4.78 is 19.2. The van der Waals surface area contributed by atoms with E-state index in [-0.39, 0.29) is 17.3 Å². The highest BCUT2D eigenvalue weighted by Crippen LogP contribution is 2.36. The molecule has 0 aromatic heterocycles. The van der Waals surface area contributed by atoms with Crippen LogP contribution in [0, 0.1) is 5.82 Å². The molecule has 0 spiro atoms. The highest BCUT2D eigenvalue weighted by atomic mass is 35.5. The van der Waals surface area contributed by atoms with Crippen molar-refractivity contribution in [2.24, 2.45) is 5.73 Å². The highest BCUT2D eigenvalue weighted by Gasteiger charge is 2.13. The topological polar surface area (TPSA) is 35.2 Å². The van der Waals surface area contributed by atoms with E-state index in [1.54, 1.807) is 30.3 Å². The lowest BCUT2D eigenvalue weighted by Crippen LogP contribution is -2.01. The molecule has 5 heteroatoms. The Labute approximate surface area is 114 Å². The van der Waals surface area contributed by atoms with Crippen molar-refractivity contribution < 1.29 is 9.13 Å². The zero-order valence-corrected chi connectivity index (χ0v) is 10.8. The molecule has 0 bridgehead atoms. The number of hydrogen-bond donors (Lipinski definition) is 1. The molecule has 0 fully saturated rings. The minimum atomic E-state index is -0.492. The van der Waals surface area contributed by atoms with Crippen molar-refractivity contribution in [1.29, 1.82) is 0 Å². The third-order valence-corrected chi connectivity index (χ3v) is 3.20. The second kappa shape index (κ2) is 5.57. The van der Waals surface area contributed by atoms with Crippen LogP contribution in [0.25, 0.3) is 0 Å². The van der Waals surface area contributed by atoms with E-state index in [2.05, 4.69) is 0 Å². The van der Waals surface area contributed by atoms with Crippen LogP contribution in [0.15, 0.2) is 36.4 Å². The summed E-state index contributed by atoms with van der Waals surface area (Å²) >= 11 is 11.8. The molecule has 0 unspecified atom stereocenters. The van der Waals surface area contributed by atoms with Crippen LogP contribution in [0.5, 0.6) is 11.5 Å². The molecule has 0 aliphatic heterocycles. The number of para-hydroxylation sites is 1. The maximum absolute atomic E-state index is 13.7. The Balaban J connectivity index is 2.43. The lowest BCUT2D eigenvalue weighted by Gasteiger charge is -2.12. The van der Waals surface area contributed by atoms with E-state index >= 15 is 0 Å². The molecule has 94 valence electrons. The minimum Gasteiger partial charge on any atom is -0.452 e. The molecule has 0 heterocycles. The van der Waals surface area contributed by atoms with Gasteiger partial charge in [-0.25, -0.2) is 4.39 Å². The van der Waals surface area contributed by atoms with Crippen LogP contribution in [-0.4, -0.2) is 0 Å². The van der Waals surface area contributed by atoms with Gasteiger partial charge in [-0.1, -0.05) is 41.4 Å². The van der Waals surface area contributed by atoms with E-state index in [1.165, 1.54) is 6.07 Å². The zero-order valence-electron chi connectivity index (χ0n) is 9.29. The van der Waals surface area contributed by atoms with Crippen LogP contribution >= 0.6 is 23.2 Å². The van der Waals surface area contributed by atoms with E-state index in [4.69, 9.17) is 33.7 Å². The summed E-state index contributed by atoms with van der Waals surface area (Å²) in [5.74, 6) is -0.123. The lowest BCUT2D eigenvalue weighted by atomic mass is 10.2. The van der Waals surface area contributed by atoms with Gasteiger partial charge in [0.15, 0.2) is 11.6 Å². The van der Waals surface area contributed by atoms with E-state index in [1.807, 2.05) is 0 Å². The molecule has 2 aromatic rings. The highest BCUT2D eigenvalue weighted by molar-refractivity contribution is 6.42. The summed E-state index contributed by atoms with van der Waals surface area (Å²) in [6, 6.07) is 9.48. The van der Waals surface area contributed by atoms with Gasteiger partial charge in [0.05, 0.1) is 5.02 Å². The number of hydrogen-bond acceptors (Lipinski definition) is 2. The quantitative estimate of drug-likeness (QED) is 0.908. The SMILES string of the molecule is NCc1cccc(F)c1Oc1cccc(Cl)c1Cl. The number of nitrogens with two attached hydrogens (primary N) is 1. The van der Waals surface area contributed by atoms with Gasteiger partial charge >= 0.3 is 0 Å². The van der Waals surface area contributed by atoms with E-state index in [0.29, 0.717) is 16.3 Å². The molecule has 2 nitrogen and oxygen atoms in total. The molecule has 0 aliphatic carbocycles. The normalized spacial score (nSPS) is 10.4. The summed E-state index contributed by atoms with van der Waals surface area (Å²) in [5.41, 5.74) is 6.10. The van der Waals surface area contributed by atoms with Crippen LogP contribution in [0.1, 0.15) is 5.56 Å². The first-order valence-corrected chi connectivity index (χ1v) is 5.98. The Morgan fingerprint density at radius 2 is 1.83 bits per heavy atom. The first-order chi connectivity index (χ1) is 8.63. The van der Waals surface area contributed by atoms with Crippen molar-refractivity contribution in [2.75, 3.05) is 0 Å². The number of rotatable bonds is 3. The van der Waals surface area contributed by atoms with E-state index < -0.39 is 5.82 Å². The summed E-state index contributed by atoms with van der Waals surface area (Å²) in [6.45, 7) is 0.172. The average Bonchev–Trinajstić information content (AvgIpc) is 2.37. The number of ether oxygens (including phenoxy) is 1. The van der Waals surface area contributed by atoms with Gasteiger partial charge in [0.2, 0.25) is 0 Å². The second-order valence-corrected chi connectivity index (χ2v) is 4.37. The van der Waals surface area contributed by atoms with Crippen molar-refractivity contribution in [3.63, 3.8) is 0 Å². The van der Waals surface area contributed by atoms with Crippen molar-refractivity contribution in [1.82, 2.24) is 0 Å². The first kappa shape index (κ1) is 13.1. The Morgan fingerprint density at radius 3 is 2.56 bits per heavy atom. The monoisotopic (exact) mass is 285 g/mol. The third kappa shape index (κ3) is 2.58. The molecule has 0 saturated carbocycles. The average molecular weight is 286 g/mol. The Bertz CT molecular complexity index is 575. The van der Waals surface area contributed by atoms with Gasteiger partial charge in [-0.15, -0.1) is 0 Å². The summed E-state index contributed by atoms with van der Waals surface area (Å²) in [5, 5.41) is 0.588.